The van der Waals surface area contributed by atoms with Crippen molar-refractivity contribution < 1.29 is 22.7 Å². The van der Waals surface area contributed by atoms with Crippen molar-refractivity contribution in [2.75, 3.05) is 46.7 Å². The smallest absolute Gasteiger partial charge is 0.224 e. The van der Waals surface area contributed by atoms with E-state index in [1.54, 1.807) is 18.5 Å². The summed E-state index contributed by atoms with van der Waals surface area (Å²) in [5.41, 5.74) is 1.02. The van der Waals surface area contributed by atoms with E-state index >= 15 is 0 Å². The lowest BCUT2D eigenvalue weighted by molar-refractivity contribution is -0.125. The largest absolute Gasteiger partial charge is 0.497 e. The van der Waals surface area contributed by atoms with Gasteiger partial charge in [-0.25, -0.2) is 8.42 Å². The zero-order chi connectivity index (χ0) is 21.7. The molecular formula is C21H33N3O5S. The van der Waals surface area contributed by atoms with E-state index in [0.717, 1.165) is 42.9 Å². The van der Waals surface area contributed by atoms with Gasteiger partial charge in [0.15, 0.2) is 0 Å². The van der Waals surface area contributed by atoms with E-state index in [0.29, 0.717) is 32.6 Å². The molecule has 8 nitrogen and oxygen atoms in total. The third-order valence-electron chi connectivity index (χ3n) is 6.08. The maximum atomic E-state index is 12.7. The highest BCUT2D eigenvalue weighted by molar-refractivity contribution is 7.88. The number of rotatable bonds is 5. The van der Waals surface area contributed by atoms with Crippen molar-refractivity contribution in [1.82, 2.24) is 14.5 Å². The first-order valence-electron chi connectivity index (χ1n) is 10.5. The first-order valence-corrected chi connectivity index (χ1v) is 12.4. The Kier molecular flexibility index (Phi) is 7.60. The molecule has 9 heteroatoms. The lowest BCUT2D eigenvalue weighted by Gasteiger charge is -2.30. The maximum Gasteiger partial charge on any atom is 0.224 e. The Balaban J connectivity index is 1.76. The number of carbonyl (C=O) groups excluding carboxylic acids is 1. The van der Waals surface area contributed by atoms with Crippen LogP contribution >= 0.6 is 0 Å². The number of benzene rings is 1. The fourth-order valence-corrected chi connectivity index (χ4v) is 5.79. The number of ether oxygens (including phenoxy) is 2. The summed E-state index contributed by atoms with van der Waals surface area (Å²) in [7, 11) is -0.125. The minimum atomic E-state index is -3.38. The molecule has 0 aromatic heterocycles. The summed E-state index contributed by atoms with van der Waals surface area (Å²) in [4.78, 5) is 15.0. The molecule has 2 atom stereocenters. The van der Waals surface area contributed by atoms with Gasteiger partial charge in [-0.05, 0) is 31.9 Å². The summed E-state index contributed by atoms with van der Waals surface area (Å²) in [6.07, 6.45) is 4.34. The van der Waals surface area contributed by atoms with Gasteiger partial charge in [0.2, 0.25) is 15.9 Å². The Bertz CT molecular complexity index is 845. The number of amides is 1. The Morgan fingerprint density at radius 3 is 2.60 bits per heavy atom. The summed E-state index contributed by atoms with van der Waals surface area (Å²) in [5.74, 6) is 1.19. The molecule has 1 aromatic rings. The summed E-state index contributed by atoms with van der Waals surface area (Å²) >= 11 is 0. The predicted octanol–water partition coefficient (Wildman–Crippen LogP) is 1.46. The molecule has 1 amide bonds. The first-order chi connectivity index (χ1) is 14.3. The molecule has 2 fully saturated rings. The topological polar surface area (TPSA) is 88.2 Å². The van der Waals surface area contributed by atoms with Crippen molar-refractivity contribution in [2.45, 2.75) is 38.3 Å². The molecule has 1 saturated heterocycles. The van der Waals surface area contributed by atoms with Gasteiger partial charge in [-0.3, -0.25) is 9.69 Å². The van der Waals surface area contributed by atoms with Crippen LogP contribution in [0.15, 0.2) is 18.2 Å². The van der Waals surface area contributed by atoms with Crippen LogP contribution in [-0.4, -0.2) is 76.2 Å². The second-order valence-corrected chi connectivity index (χ2v) is 10.0. The summed E-state index contributed by atoms with van der Waals surface area (Å²) in [6.45, 7) is 3.04. The number of sulfonamides is 1. The van der Waals surface area contributed by atoms with Gasteiger partial charge in [-0.15, -0.1) is 0 Å². The molecular weight excluding hydrogens is 406 g/mol. The zero-order valence-electron chi connectivity index (χ0n) is 18.1. The van der Waals surface area contributed by atoms with Gasteiger partial charge in [0.1, 0.15) is 11.5 Å². The minimum Gasteiger partial charge on any atom is -0.497 e. The van der Waals surface area contributed by atoms with Crippen molar-refractivity contribution in [1.29, 1.82) is 0 Å². The average molecular weight is 440 g/mol. The molecule has 0 bridgehead atoms. The third-order valence-corrected chi connectivity index (χ3v) is 7.39. The third kappa shape index (κ3) is 5.44. The minimum absolute atomic E-state index is 0.0324. The van der Waals surface area contributed by atoms with Gasteiger partial charge >= 0.3 is 0 Å². The van der Waals surface area contributed by atoms with Crippen LogP contribution in [0.4, 0.5) is 0 Å². The average Bonchev–Trinajstić information content (AvgIpc) is 3.18. The van der Waals surface area contributed by atoms with Crippen LogP contribution in [0.2, 0.25) is 0 Å². The van der Waals surface area contributed by atoms with Gasteiger partial charge in [0, 0.05) is 43.9 Å². The fourth-order valence-electron chi connectivity index (χ4n) is 4.58. The SMILES string of the molecule is COc1ccc(CN2CCCN(S(C)(=O)=O)C3CCCC3C(=O)NCC2)c(OC)c1. The predicted molar refractivity (Wildman–Crippen MR) is 115 cm³/mol. The second-order valence-electron chi connectivity index (χ2n) is 8.08. The molecule has 1 N–H and O–H groups in total. The number of methoxy groups -OCH3 is 2. The molecule has 30 heavy (non-hydrogen) atoms. The molecule has 0 radical (unpaired) electrons. The molecule has 1 saturated carbocycles. The lowest BCUT2D eigenvalue weighted by Crippen LogP contribution is -2.47. The van der Waals surface area contributed by atoms with Crippen molar-refractivity contribution >= 4 is 15.9 Å². The van der Waals surface area contributed by atoms with E-state index in [1.165, 1.54) is 6.26 Å². The van der Waals surface area contributed by atoms with Gasteiger partial charge < -0.3 is 14.8 Å². The molecule has 2 unspecified atom stereocenters. The molecule has 2 aliphatic rings. The summed E-state index contributed by atoms with van der Waals surface area (Å²) in [5, 5.41) is 3.03. The van der Waals surface area contributed by atoms with Crippen LogP contribution < -0.4 is 14.8 Å². The van der Waals surface area contributed by atoms with E-state index in [9.17, 15) is 13.2 Å². The lowest BCUT2D eigenvalue weighted by atomic mass is 10.0. The number of hydrogen-bond donors (Lipinski definition) is 1. The highest BCUT2D eigenvalue weighted by atomic mass is 32.2. The van der Waals surface area contributed by atoms with Gasteiger partial charge in [0.05, 0.1) is 26.4 Å². The molecule has 1 heterocycles. The van der Waals surface area contributed by atoms with Gasteiger partial charge in [0.25, 0.3) is 0 Å². The van der Waals surface area contributed by atoms with Crippen LogP contribution in [0.5, 0.6) is 11.5 Å². The normalized spacial score (nSPS) is 24.6. The van der Waals surface area contributed by atoms with Crippen molar-refractivity contribution in [3.05, 3.63) is 23.8 Å². The maximum absolute atomic E-state index is 12.7. The molecule has 3 rings (SSSR count). The Hall–Kier alpha value is -1.84. The Morgan fingerprint density at radius 1 is 1.10 bits per heavy atom. The summed E-state index contributed by atoms with van der Waals surface area (Å²) in [6, 6.07) is 5.51. The molecule has 1 aromatic carbocycles. The Labute approximate surface area is 179 Å². The van der Waals surface area contributed by atoms with Crippen LogP contribution in [0.25, 0.3) is 0 Å². The summed E-state index contributed by atoms with van der Waals surface area (Å²) < 4.78 is 37.2. The number of hydrogen-bond acceptors (Lipinski definition) is 6. The van der Waals surface area contributed by atoms with E-state index in [2.05, 4.69) is 10.2 Å². The molecule has 168 valence electrons. The standard InChI is InChI=1S/C21H33N3O5S/c1-28-17-9-8-16(20(14-17)29-2)15-23-11-5-12-24(30(3,26)27)19-7-4-6-18(19)21(25)22-10-13-23/h8-9,14,18-19H,4-7,10-13,15H2,1-3H3,(H,22,25). The number of fused-ring (bicyclic) bond motifs is 1. The van der Waals surface area contributed by atoms with E-state index < -0.39 is 10.0 Å². The van der Waals surface area contributed by atoms with Crippen LogP contribution in [-0.2, 0) is 21.4 Å². The van der Waals surface area contributed by atoms with Gasteiger partial charge in [-0.1, -0.05) is 12.5 Å². The van der Waals surface area contributed by atoms with Crippen molar-refractivity contribution in [3.8, 4) is 11.5 Å². The van der Waals surface area contributed by atoms with E-state index in [-0.39, 0.29) is 17.9 Å². The van der Waals surface area contributed by atoms with E-state index in [4.69, 9.17) is 9.47 Å². The van der Waals surface area contributed by atoms with Crippen molar-refractivity contribution in [3.63, 3.8) is 0 Å². The zero-order valence-corrected chi connectivity index (χ0v) is 18.9. The highest BCUT2D eigenvalue weighted by Crippen LogP contribution is 2.32. The number of nitrogens with one attached hydrogen (secondary N) is 1. The van der Waals surface area contributed by atoms with E-state index in [1.807, 2.05) is 18.2 Å². The monoisotopic (exact) mass is 439 g/mol. The van der Waals surface area contributed by atoms with Gasteiger partial charge in [-0.2, -0.15) is 4.31 Å². The molecule has 1 aliphatic heterocycles. The van der Waals surface area contributed by atoms with Crippen molar-refractivity contribution in [2.24, 2.45) is 5.92 Å². The van der Waals surface area contributed by atoms with Crippen LogP contribution in [0, 0.1) is 5.92 Å². The first kappa shape index (κ1) is 22.8. The number of carbonyl (C=O) groups is 1. The Morgan fingerprint density at radius 2 is 1.90 bits per heavy atom. The van der Waals surface area contributed by atoms with Crippen LogP contribution in [0.1, 0.15) is 31.2 Å². The molecule has 0 spiro atoms. The highest BCUT2D eigenvalue weighted by Gasteiger charge is 2.40. The quantitative estimate of drug-likeness (QED) is 0.747. The van der Waals surface area contributed by atoms with Crippen LogP contribution in [0.3, 0.4) is 0 Å². The fraction of sp³-hybridized carbons (Fsp3) is 0.667. The number of nitrogens with zero attached hydrogens (tertiary/aromatic N) is 2. The molecule has 1 aliphatic carbocycles. The second kappa shape index (κ2) is 9.98.